The highest BCUT2D eigenvalue weighted by atomic mass is 16.1. The van der Waals surface area contributed by atoms with E-state index in [1.54, 1.807) is 0 Å². The molecule has 0 saturated heterocycles. The molecule has 0 amide bonds. The number of hydrogen-bond acceptors (Lipinski definition) is 3. The maximum Gasteiger partial charge on any atom is 0.176 e. The van der Waals surface area contributed by atoms with Crippen LogP contribution in [0.2, 0.25) is 0 Å². The van der Waals surface area contributed by atoms with E-state index in [0.29, 0.717) is 18.4 Å². The second-order valence-electron chi connectivity index (χ2n) is 5.20. The quantitative estimate of drug-likeness (QED) is 0.753. The Morgan fingerprint density at radius 3 is 2.61 bits per heavy atom. The van der Waals surface area contributed by atoms with Crippen molar-refractivity contribution in [2.45, 2.75) is 19.3 Å². The molecule has 1 aliphatic rings. The van der Waals surface area contributed by atoms with Crippen molar-refractivity contribution in [3.63, 3.8) is 0 Å². The number of rotatable bonds is 6. The molecular weight excluding hydrogens is 224 g/mol. The van der Waals surface area contributed by atoms with E-state index in [-0.39, 0.29) is 5.78 Å². The fourth-order valence-corrected chi connectivity index (χ4v) is 2.69. The van der Waals surface area contributed by atoms with Gasteiger partial charge in [0.1, 0.15) is 0 Å². The Labute approximate surface area is 109 Å². The van der Waals surface area contributed by atoms with Crippen molar-refractivity contribution in [1.82, 2.24) is 5.32 Å². The van der Waals surface area contributed by atoms with Crippen LogP contribution in [0.5, 0.6) is 0 Å². The number of benzene rings is 1. The molecule has 98 valence electrons. The van der Waals surface area contributed by atoms with E-state index in [4.69, 9.17) is 5.73 Å². The second kappa shape index (κ2) is 6.66. The molecule has 0 spiro atoms. The molecule has 2 atom stereocenters. The van der Waals surface area contributed by atoms with Crippen LogP contribution in [0, 0.1) is 11.8 Å². The van der Waals surface area contributed by atoms with Gasteiger partial charge in [0.2, 0.25) is 0 Å². The number of nitrogens with two attached hydrogens (primary N) is 1. The lowest BCUT2D eigenvalue weighted by atomic mass is 10.1. The Morgan fingerprint density at radius 2 is 1.94 bits per heavy atom. The van der Waals surface area contributed by atoms with Crippen LogP contribution >= 0.6 is 0 Å². The zero-order chi connectivity index (χ0) is 12.8. The molecule has 1 aromatic carbocycles. The summed E-state index contributed by atoms with van der Waals surface area (Å²) in [7, 11) is 0. The van der Waals surface area contributed by atoms with Gasteiger partial charge >= 0.3 is 0 Å². The zero-order valence-corrected chi connectivity index (χ0v) is 10.8. The minimum absolute atomic E-state index is 0.170. The highest BCUT2D eigenvalue weighted by Crippen LogP contribution is 2.29. The van der Waals surface area contributed by atoms with E-state index in [0.717, 1.165) is 18.7 Å². The molecule has 0 aromatic heterocycles. The van der Waals surface area contributed by atoms with Crippen LogP contribution < -0.4 is 11.1 Å². The number of ketones is 1. The average Bonchev–Trinajstić information content (AvgIpc) is 2.87. The molecule has 0 bridgehead atoms. The first-order chi connectivity index (χ1) is 8.79. The van der Waals surface area contributed by atoms with E-state index in [9.17, 15) is 4.79 Å². The van der Waals surface area contributed by atoms with Crippen molar-refractivity contribution >= 4 is 5.78 Å². The second-order valence-corrected chi connectivity index (χ2v) is 5.20. The zero-order valence-electron chi connectivity index (χ0n) is 10.8. The summed E-state index contributed by atoms with van der Waals surface area (Å²) in [5.41, 5.74) is 6.46. The topological polar surface area (TPSA) is 55.1 Å². The van der Waals surface area contributed by atoms with Gasteiger partial charge in [-0.15, -0.1) is 0 Å². The Morgan fingerprint density at radius 1 is 1.22 bits per heavy atom. The molecule has 3 heteroatoms. The highest BCUT2D eigenvalue weighted by Gasteiger charge is 2.23. The van der Waals surface area contributed by atoms with Crippen LogP contribution in [-0.4, -0.2) is 25.4 Å². The van der Waals surface area contributed by atoms with Crippen molar-refractivity contribution in [3.05, 3.63) is 35.9 Å². The number of Topliss-reactive ketones (excluding diaryl/α,β-unsaturated/α-hetero) is 1. The third-order valence-electron chi connectivity index (χ3n) is 3.80. The van der Waals surface area contributed by atoms with Crippen LogP contribution in [0.3, 0.4) is 0 Å². The normalized spacial score (nSPS) is 23.2. The van der Waals surface area contributed by atoms with Gasteiger partial charge in [-0.2, -0.15) is 0 Å². The van der Waals surface area contributed by atoms with Crippen molar-refractivity contribution < 1.29 is 4.79 Å². The monoisotopic (exact) mass is 246 g/mol. The average molecular weight is 246 g/mol. The number of nitrogens with one attached hydrogen (secondary N) is 1. The first-order valence-electron chi connectivity index (χ1n) is 6.78. The summed E-state index contributed by atoms with van der Waals surface area (Å²) in [4.78, 5) is 11.9. The van der Waals surface area contributed by atoms with Crippen molar-refractivity contribution in [1.29, 1.82) is 0 Å². The largest absolute Gasteiger partial charge is 0.330 e. The van der Waals surface area contributed by atoms with E-state index < -0.39 is 0 Å². The van der Waals surface area contributed by atoms with E-state index in [1.807, 2.05) is 30.3 Å². The number of hydrogen-bond donors (Lipinski definition) is 2. The molecule has 3 N–H and O–H groups in total. The molecule has 0 heterocycles. The lowest BCUT2D eigenvalue weighted by molar-refractivity contribution is 0.0990. The molecule has 1 aliphatic carbocycles. The van der Waals surface area contributed by atoms with E-state index >= 15 is 0 Å². The first kappa shape index (κ1) is 13.2. The van der Waals surface area contributed by atoms with E-state index in [2.05, 4.69) is 5.32 Å². The fourth-order valence-electron chi connectivity index (χ4n) is 2.69. The van der Waals surface area contributed by atoms with Gasteiger partial charge < -0.3 is 11.1 Å². The van der Waals surface area contributed by atoms with Gasteiger partial charge in [-0.1, -0.05) is 30.3 Å². The first-order valence-corrected chi connectivity index (χ1v) is 6.78. The van der Waals surface area contributed by atoms with Crippen molar-refractivity contribution in [2.24, 2.45) is 17.6 Å². The fraction of sp³-hybridized carbons (Fsp3) is 0.533. The smallest absolute Gasteiger partial charge is 0.176 e. The molecule has 1 saturated carbocycles. The lowest BCUT2D eigenvalue weighted by Gasteiger charge is -2.11. The molecule has 2 rings (SSSR count). The molecule has 3 nitrogen and oxygen atoms in total. The standard InChI is InChI=1S/C15H22N2O/c16-9-12-6-7-13(8-12)10-17-11-15(18)14-4-2-1-3-5-14/h1-5,12-13,17H,6-11,16H2/t12-,13-/m0/s1. The Balaban J connectivity index is 1.68. The summed E-state index contributed by atoms with van der Waals surface area (Å²) in [6, 6.07) is 9.45. The SMILES string of the molecule is NC[C@H]1CC[C@H](CNCC(=O)c2ccccc2)C1. The van der Waals surface area contributed by atoms with Crippen LogP contribution in [-0.2, 0) is 0 Å². The van der Waals surface area contributed by atoms with Crippen molar-refractivity contribution in [3.8, 4) is 0 Å². The Hall–Kier alpha value is -1.19. The summed E-state index contributed by atoms with van der Waals surface area (Å²) in [5.74, 6) is 1.56. The molecule has 1 fully saturated rings. The van der Waals surface area contributed by atoms with Crippen LogP contribution in [0.25, 0.3) is 0 Å². The van der Waals surface area contributed by atoms with Gasteiger partial charge in [0.25, 0.3) is 0 Å². The predicted molar refractivity (Wildman–Crippen MR) is 73.5 cm³/mol. The maximum absolute atomic E-state index is 11.9. The molecular formula is C15H22N2O. The summed E-state index contributed by atoms with van der Waals surface area (Å²) in [5, 5.41) is 3.28. The van der Waals surface area contributed by atoms with Crippen LogP contribution in [0.15, 0.2) is 30.3 Å². The Bertz CT molecular complexity index is 377. The van der Waals surface area contributed by atoms with Crippen molar-refractivity contribution in [2.75, 3.05) is 19.6 Å². The summed E-state index contributed by atoms with van der Waals surface area (Å²) in [6.45, 7) is 2.18. The lowest BCUT2D eigenvalue weighted by Crippen LogP contribution is -2.28. The van der Waals surface area contributed by atoms with Gasteiger partial charge in [0.15, 0.2) is 5.78 Å². The van der Waals surface area contributed by atoms with Crippen LogP contribution in [0.4, 0.5) is 0 Å². The maximum atomic E-state index is 11.9. The minimum atomic E-state index is 0.170. The third-order valence-corrected chi connectivity index (χ3v) is 3.80. The summed E-state index contributed by atoms with van der Waals surface area (Å²) < 4.78 is 0. The highest BCUT2D eigenvalue weighted by molar-refractivity contribution is 5.97. The summed E-state index contributed by atoms with van der Waals surface area (Å²) in [6.07, 6.45) is 3.70. The van der Waals surface area contributed by atoms with Gasteiger partial charge in [-0.05, 0) is 44.2 Å². The minimum Gasteiger partial charge on any atom is -0.330 e. The van der Waals surface area contributed by atoms with Gasteiger partial charge in [-0.25, -0.2) is 0 Å². The predicted octanol–water partition coefficient (Wildman–Crippen LogP) is 1.83. The molecule has 0 radical (unpaired) electrons. The number of carbonyl (C=O) groups is 1. The van der Waals surface area contributed by atoms with Gasteiger partial charge in [-0.3, -0.25) is 4.79 Å². The van der Waals surface area contributed by atoms with Gasteiger partial charge in [0, 0.05) is 5.56 Å². The molecule has 18 heavy (non-hydrogen) atoms. The molecule has 0 aliphatic heterocycles. The summed E-state index contributed by atoms with van der Waals surface area (Å²) >= 11 is 0. The van der Waals surface area contributed by atoms with Gasteiger partial charge in [0.05, 0.1) is 6.54 Å². The molecule has 0 unspecified atom stereocenters. The van der Waals surface area contributed by atoms with E-state index in [1.165, 1.54) is 19.3 Å². The Kier molecular flexibility index (Phi) is 4.90. The third kappa shape index (κ3) is 3.65. The molecule has 1 aromatic rings. The van der Waals surface area contributed by atoms with Crippen LogP contribution in [0.1, 0.15) is 29.6 Å². The number of carbonyl (C=O) groups excluding carboxylic acids is 1.